The molecule has 0 radical (unpaired) electrons. The van der Waals surface area contributed by atoms with E-state index in [1.165, 1.54) is 12.8 Å². The minimum atomic E-state index is -0.322. The Bertz CT molecular complexity index is 342. The Labute approximate surface area is 127 Å². The minimum Gasteiger partial charge on any atom is -0.393 e. The average molecular weight is 298 g/mol. The number of hydrogen-bond donors (Lipinski definition) is 3. The molecule has 0 bridgehead atoms. The third kappa shape index (κ3) is 3.69. The van der Waals surface area contributed by atoms with Crippen LogP contribution in [0.5, 0.6) is 0 Å². The van der Waals surface area contributed by atoms with Gasteiger partial charge >= 0.3 is 6.03 Å². The molecule has 2 rings (SSSR count). The van der Waals surface area contributed by atoms with Gasteiger partial charge in [-0.15, -0.1) is 0 Å². The maximum absolute atomic E-state index is 12.0. The Kier molecular flexibility index (Phi) is 5.88. The first kappa shape index (κ1) is 16.6. The Balaban J connectivity index is 1.76. The molecule has 2 amide bonds. The third-order valence-electron chi connectivity index (χ3n) is 5.23. The number of carbonyl (C=O) groups is 1. The van der Waals surface area contributed by atoms with Crippen molar-refractivity contribution in [1.29, 1.82) is 0 Å². The van der Waals surface area contributed by atoms with Gasteiger partial charge in [0.2, 0.25) is 0 Å². The largest absolute Gasteiger partial charge is 0.393 e. The molecular weight excluding hydrogens is 268 g/mol. The molecule has 0 aromatic heterocycles. The number of amides is 2. The molecule has 0 aliphatic heterocycles. The lowest BCUT2D eigenvalue weighted by molar-refractivity contribution is -0.126. The number of nitrogens with one attached hydrogen (secondary N) is 2. The van der Waals surface area contributed by atoms with Crippen LogP contribution in [0.4, 0.5) is 4.79 Å². The first-order chi connectivity index (χ1) is 10.1. The molecule has 2 aliphatic rings. The predicted molar refractivity (Wildman–Crippen MR) is 82.2 cm³/mol. The van der Waals surface area contributed by atoms with Crippen molar-refractivity contribution in [2.45, 2.75) is 77.0 Å². The number of ether oxygens (including phenoxy) is 1. The van der Waals surface area contributed by atoms with Crippen LogP contribution in [0.25, 0.3) is 0 Å². The average Bonchev–Trinajstić information content (AvgIpc) is 2.98. The SMILES string of the molecule is CCOC1CC(NC(=O)NCCC(O)CC)C12CCCC2. The van der Waals surface area contributed by atoms with Gasteiger partial charge in [-0.05, 0) is 39.0 Å². The van der Waals surface area contributed by atoms with Crippen LogP contribution in [0.15, 0.2) is 0 Å². The molecule has 2 fully saturated rings. The van der Waals surface area contributed by atoms with E-state index in [4.69, 9.17) is 4.74 Å². The van der Waals surface area contributed by atoms with Crippen molar-refractivity contribution in [2.24, 2.45) is 5.41 Å². The second kappa shape index (κ2) is 7.45. The van der Waals surface area contributed by atoms with Gasteiger partial charge in [0.05, 0.1) is 12.2 Å². The lowest BCUT2D eigenvalue weighted by atomic mass is 9.60. The van der Waals surface area contributed by atoms with Gasteiger partial charge < -0.3 is 20.5 Å². The molecule has 0 saturated heterocycles. The predicted octanol–water partition coefficient (Wildman–Crippen LogP) is 2.18. The molecule has 21 heavy (non-hydrogen) atoms. The molecule has 2 saturated carbocycles. The number of aliphatic hydroxyl groups is 1. The summed E-state index contributed by atoms with van der Waals surface area (Å²) in [7, 11) is 0. The zero-order valence-corrected chi connectivity index (χ0v) is 13.4. The van der Waals surface area contributed by atoms with E-state index in [9.17, 15) is 9.90 Å². The summed E-state index contributed by atoms with van der Waals surface area (Å²) in [4.78, 5) is 12.0. The summed E-state index contributed by atoms with van der Waals surface area (Å²) in [6.07, 6.45) is 7.08. The van der Waals surface area contributed by atoms with Crippen molar-refractivity contribution >= 4 is 6.03 Å². The molecule has 5 heteroatoms. The van der Waals surface area contributed by atoms with E-state index in [0.717, 1.165) is 32.3 Å². The van der Waals surface area contributed by atoms with Crippen molar-refractivity contribution in [3.05, 3.63) is 0 Å². The summed E-state index contributed by atoms with van der Waals surface area (Å²) >= 11 is 0. The summed E-state index contributed by atoms with van der Waals surface area (Å²) < 4.78 is 5.85. The van der Waals surface area contributed by atoms with Crippen LogP contribution in [-0.4, -0.2) is 42.5 Å². The first-order valence-corrected chi connectivity index (χ1v) is 8.46. The topological polar surface area (TPSA) is 70.6 Å². The molecule has 3 atom stereocenters. The zero-order chi connectivity index (χ0) is 15.3. The van der Waals surface area contributed by atoms with Crippen LogP contribution < -0.4 is 10.6 Å². The lowest BCUT2D eigenvalue weighted by Crippen LogP contribution is -2.64. The van der Waals surface area contributed by atoms with Gasteiger partial charge in [-0.1, -0.05) is 19.8 Å². The van der Waals surface area contributed by atoms with E-state index in [-0.39, 0.29) is 23.6 Å². The monoisotopic (exact) mass is 298 g/mol. The quantitative estimate of drug-likeness (QED) is 0.674. The lowest BCUT2D eigenvalue weighted by Gasteiger charge is -2.53. The van der Waals surface area contributed by atoms with Crippen LogP contribution in [0.1, 0.15) is 58.8 Å². The highest BCUT2D eigenvalue weighted by Crippen LogP contribution is 2.54. The minimum absolute atomic E-state index is 0.107. The Morgan fingerprint density at radius 2 is 2.10 bits per heavy atom. The van der Waals surface area contributed by atoms with E-state index in [1.807, 2.05) is 13.8 Å². The van der Waals surface area contributed by atoms with Gasteiger partial charge in [0, 0.05) is 24.6 Å². The van der Waals surface area contributed by atoms with Gasteiger partial charge in [-0.3, -0.25) is 0 Å². The fourth-order valence-electron chi connectivity index (χ4n) is 3.85. The molecule has 0 heterocycles. The van der Waals surface area contributed by atoms with E-state index in [0.29, 0.717) is 19.1 Å². The number of carbonyl (C=O) groups excluding carboxylic acids is 1. The van der Waals surface area contributed by atoms with Gasteiger partial charge in [0.15, 0.2) is 0 Å². The van der Waals surface area contributed by atoms with Crippen molar-refractivity contribution in [3.8, 4) is 0 Å². The van der Waals surface area contributed by atoms with Crippen LogP contribution in [0.3, 0.4) is 0 Å². The molecule has 0 aromatic carbocycles. The van der Waals surface area contributed by atoms with E-state index >= 15 is 0 Å². The van der Waals surface area contributed by atoms with Gasteiger partial charge in [-0.25, -0.2) is 4.79 Å². The summed E-state index contributed by atoms with van der Waals surface area (Å²) in [6, 6.07) is 0.136. The Hall–Kier alpha value is -0.810. The number of aliphatic hydroxyl groups excluding tert-OH is 1. The van der Waals surface area contributed by atoms with Gasteiger partial charge in [0.25, 0.3) is 0 Å². The second-order valence-electron chi connectivity index (χ2n) is 6.42. The summed E-state index contributed by atoms with van der Waals surface area (Å²) in [5.41, 5.74) is 0.177. The molecule has 3 N–H and O–H groups in total. The van der Waals surface area contributed by atoms with Crippen LogP contribution in [0, 0.1) is 5.41 Å². The van der Waals surface area contributed by atoms with E-state index in [2.05, 4.69) is 10.6 Å². The standard InChI is InChI=1S/C16H30N2O3/c1-3-12(19)7-10-17-15(20)18-13-11-14(21-4-2)16(13)8-5-6-9-16/h12-14,19H,3-11H2,1-2H3,(H2,17,18,20). The number of hydrogen-bond acceptors (Lipinski definition) is 3. The number of urea groups is 1. The highest BCUT2D eigenvalue weighted by molar-refractivity contribution is 5.74. The highest BCUT2D eigenvalue weighted by Gasteiger charge is 2.57. The van der Waals surface area contributed by atoms with E-state index in [1.54, 1.807) is 0 Å². The molecule has 1 spiro atoms. The molecule has 2 aliphatic carbocycles. The summed E-state index contributed by atoms with van der Waals surface area (Å²) in [6.45, 7) is 5.25. The molecule has 122 valence electrons. The van der Waals surface area contributed by atoms with E-state index < -0.39 is 0 Å². The van der Waals surface area contributed by atoms with Gasteiger partial charge in [0.1, 0.15) is 0 Å². The molecule has 3 unspecified atom stereocenters. The van der Waals surface area contributed by atoms with Crippen LogP contribution in [-0.2, 0) is 4.74 Å². The molecule has 0 aromatic rings. The Morgan fingerprint density at radius 3 is 2.71 bits per heavy atom. The smallest absolute Gasteiger partial charge is 0.315 e. The summed E-state index contributed by atoms with van der Waals surface area (Å²) in [5.74, 6) is 0. The van der Waals surface area contributed by atoms with Crippen LogP contribution >= 0.6 is 0 Å². The fraction of sp³-hybridized carbons (Fsp3) is 0.938. The maximum atomic E-state index is 12.0. The van der Waals surface area contributed by atoms with Crippen molar-refractivity contribution < 1.29 is 14.6 Å². The number of rotatable bonds is 7. The Morgan fingerprint density at radius 1 is 1.38 bits per heavy atom. The van der Waals surface area contributed by atoms with Crippen molar-refractivity contribution in [1.82, 2.24) is 10.6 Å². The first-order valence-electron chi connectivity index (χ1n) is 8.46. The normalized spacial score (nSPS) is 28.1. The van der Waals surface area contributed by atoms with Gasteiger partial charge in [-0.2, -0.15) is 0 Å². The van der Waals surface area contributed by atoms with Crippen LogP contribution in [0.2, 0.25) is 0 Å². The molecular formula is C16H30N2O3. The van der Waals surface area contributed by atoms with Crippen molar-refractivity contribution in [2.75, 3.05) is 13.2 Å². The second-order valence-corrected chi connectivity index (χ2v) is 6.42. The maximum Gasteiger partial charge on any atom is 0.315 e. The summed E-state index contributed by atoms with van der Waals surface area (Å²) in [5, 5.41) is 15.4. The van der Waals surface area contributed by atoms with Crippen molar-refractivity contribution in [3.63, 3.8) is 0 Å². The third-order valence-corrected chi connectivity index (χ3v) is 5.23. The molecule has 5 nitrogen and oxygen atoms in total. The zero-order valence-electron chi connectivity index (χ0n) is 13.4. The fourth-order valence-corrected chi connectivity index (χ4v) is 3.85. The highest BCUT2D eigenvalue weighted by atomic mass is 16.5.